The molecular formula is C11H23N3O2. The van der Waals surface area contributed by atoms with Gasteiger partial charge < -0.3 is 21.3 Å². The molecule has 5 nitrogen and oxygen atoms in total. The van der Waals surface area contributed by atoms with Gasteiger partial charge in [-0.05, 0) is 19.3 Å². The van der Waals surface area contributed by atoms with E-state index in [-0.39, 0.29) is 13.2 Å². The Morgan fingerprint density at radius 1 is 1.38 bits per heavy atom. The van der Waals surface area contributed by atoms with E-state index in [9.17, 15) is 10.2 Å². The van der Waals surface area contributed by atoms with Crippen LogP contribution in [0.5, 0.6) is 0 Å². The number of hydrogen-bond donors (Lipinski definition) is 4. The zero-order chi connectivity index (χ0) is 12.0. The smallest absolute Gasteiger partial charge is 0.189 e. The fraction of sp³-hybridized carbons (Fsp3) is 0.909. The minimum absolute atomic E-state index is 0.152. The fourth-order valence-corrected chi connectivity index (χ4v) is 1.98. The van der Waals surface area contributed by atoms with E-state index < -0.39 is 5.54 Å². The Morgan fingerprint density at radius 2 is 1.94 bits per heavy atom. The first-order valence-corrected chi connectivity index (χ1v) is 5.99. The van der Waals surface area contributed by atoms with Gasteiger partial charge in [0.25, 0.3) is 0 Å². The maximum absolute atomic E-state index is 9.25. The first-order valence-electron chi connectivity index (χ1n) is 5.99. The van der Waals surface area contributed by atoms with Crippen LogP contribution in [0.4, 0.5) is 0 Å². The van der Waals surface area contributed by atoms with Gasteiger partial charge in [0.15, 0.2) is 5.96 Å². The summed E-state index contributed by atoms with van der Waals surface area (Å²) in [5.41, 5.74) is 5.04. The van der Waals surface area contributed by atoms with Crippen LogP contribution in [0.3, 0.4) is 0 Å². The van der Waals surface area contributed by atoms with Crippen LogP contribution in [-0.4, -0.2) is 41.0 Å². The highest BCUT2D eigenvalue weighted by Gasteiger charge is 2.27. The zero-order valence-corrected chi connectivity index (χ0v) is 9.95. The van der Waals surface area contributed by atoms with Gasteiger partial charge in [-0.1, -0.05) is 19.8 Å². The molecule has 0 heterocycles. The third-order valence-corrected chi connectivity index (χ3v) is 3.32. The van der Waals surface area contributed by atoms with Crippen LogP contribution >= 0.6 is 0 Å². The molecule has 0 unspecified atom stereocenters. The molecule has 0 aromatic carbocycles. The lowest BCUT2D eigenvalue weighted by atomic mass is 9.99. The van der Waals surface area contributed by atoms with Gasteiger partial charge >= 0.3 is 0 Å². The van der Waals surface area contributed by atoms with Crippen LogP contribution in [0.2, 0.25) is 0 Å². The Balaban J connectivity index is 2.56. The lowest BCUT2D eigenvalue weighted by molar-refractivity contribution is 0.103. The van der Waals surface area contributed by atoms with Crippen LogP contribution in [-0.2, 0) is 0 Å². The van der Waals surface area contributed by atoms with E-state index in [1.54, 1.807) is 0 Å². The number of aliphatic hydroxyl groups excluding tert-OH is 2. The largest absolute Gasteiger partial charge is 0.394 e. The highest BCUT2D eigenvalue weighted by molar-refractivity contribution is 5.79. The van der Waals surface area contributed by atoms with Crippen molar-refractivity contribution in [1.82, 2.24) is 5.32 Å². The monoisotopic (exact) mass is 229 g/mol. The summed E-state index contributed by atoms with van der Waals surface area (Å²) in [6.07, 6.45) is 5.18. The van der Waals surface area contributed by atoms with E-state index in [0.29, 0.717) is 18.4 Å². The summed E-state index contributed by atoms with van der Waals surface area (Å²) in [6.45, 7) is 1.59. The number of guanidine groups is 1. The number of rotatable bonds is 5. The van der Waals surface area contributed by atoms with Gasteiger partial charge in [0, 0.05) is 0 Å². The summed E-state index contributed by atoms with van der Waals surface area (Å²) in [5.74, 6) is 0.330. The Kier molecular flexibility index (Phi) is 5.02. The van der Waals surface area contributed by atoms with E-state index >= 15 is 0 Å². The number of nitrogens with zero attached hydrogens (tertiary/aromatic N) is 1. The molecule has 1 aliphatic carbocycles. The molecule has 16 heavy (non-hydrogen) atoms. The van der Waals surface area contributed by atoms with Crippen LogP contribution in [0.1, 0.15) is 39.0 Å². The van der Waals surface area contributed by atoms with Crippen molar-refractivity contribution in [2.24, 2.45) is 10.7 Å². The van der Waals surface area contributed by atoms with Crippen LogP contribution in [0, 0.1) is 0 Å². The quantitative estimate of drug-likeness (QED) is 0.393. The second-order valence-corrected chi connectivity index (χ2v) is 4.53. The molecule has 0 aromatic rings. The molecule has 5 heteroatoms. The third-order valence-electron chi connectivity index (χ3n) is 3.32. The van der Waals surface area contributed by atoms with Crippen molar-refractivity contribution >= 4 is 5.96 Å². The van der Waals surface area contributed by atoms with Crippen molar-refractivity contribution in [2.75, 3.05) is 13.2 Å². The van der Waals surface area contributed by atoms with Gasteiger partial charge in [0.1, 0.15) is 0 Å². The molecule has 1 aliphatic rings. The molecule has 1 saturated carbocycles. The van der Waals surface area contributed by atoms with Crippen molar-refractivity contribution < 1.29 is 10.2 Å². The summed E-state index contributed by atoms with van der Waals surface area (Å²) in [6, 6.07) is 0.305. The summed E-state index contributed by atoms with van der Waals surface area (Å²) >= 11 is 0. The topological polar surface area (TPSA) is 90.9 Å². The molecule has 0 aromatic heterocycles. The normalized spacial score (nSPS) is 19.1. The summed E-state index contributed by atoms with van der Waals surface area (Å²) in [5, 5.41) is 21.4. The van der Waals surface area contributed by atoms with Crippen molar-refractivity contribution in [1.29, 1.82) is 0 Å². The van der Waals surface area contributed by atoms with Gasteiger partial charge in [-0.25, -0.2) is 0 Å². The number of aliphatic imine (C=N–C) groups is 1. The molecule has 5 N–H and O–H groups in total. The summed E-state index contributed by atoms with van der Waals surface area (Å²) in [4.78, 5) is 4.37. The predicted molar refractivity (Wildman–Crippen MR) is 64.2 cm³/mol. The molecule has 0 bridgehead atoms. The van der Waals surface area contributed by atoms with Gasteiger partial charge in [-0.3, -0.25) is 4.99 Å². The van der Waals surface area contributed by atoms with Crippen LogP contribution in [0.15, 0.2) is 4.99 Å². The lowest BCUT2D eigenvalue weighted by Crippen LogP contribution is -2.56. The Labute approximate surface area is 96.8 Å². The van der Waals surface area contributed by atoms with Gasteiger partial charge in [0.2, 0.25) is 0 Å². The van der Waals surface area contributed by atoms with E-state index in [1.165, 1.54) is 12.8 Å². The maximum atomic E-state index is 9.25. The molecule has 0 spiro atoms. The second-order valence-electron chi connectivity index (χ2n) is 4.53. The lowest BCUT2D eigenvalue weighted by Gasteiger charge is -2.30. The Bertz CT molecular complexity index is 225. The molecular weight excluding hydrogens is 206 g/mol. The number of nitrogens with two attached hydrogens (primary N) is 1. The number of hydrogen-bond acceptors (Lipinski definition) is 3. The van der Waals surface area contributed by atoms with Gasteiger partial charge in [-0.2, -0.15) is 0 Å². The highest BCUT2D eigenvalue weighted by atomic mass is 16.3. The molecule has 0 aliphatic heterocycles. The fourth-order valence-electron chi connectivity index (χ4n) is 1.98. The van der Waals surface area contributed by atoms with Crippen molar-refractivity contribution in [3.8, 4) is 0 Å². The minimum atomic E-state index is -0.744. The molecule has 0 radical (unpaired) electrons. The minimum Gasteiger partial charge on any atom is -0.394 e. The predicted octanol–water partition coefficient (Wildman–Crippen LogP) is -0.0333. The molecule has 1 rings (SSSR count). The molecule has 94 valence electrons. The maximum Gasteiger partial charge on any atom is 0.189 e. The van der Waals surface area contributed by atoms with Crippen LogP contribution < -0.4 is 11.1 Å². The third kappa shape index (κ3) is 3.35. The zero-order valence-electron chi connectivity index (χ0n) is 9.95. The van der Waals surface area contributed by atoms with E-state index in [4.69, 9.17) is 5.73 Å². The standard InChI is InChI=1S/C11H23N3O2/c1-2-11(7-15,8-16)14-10(12)13-9-5-3-4-6-9/h9,15-16H,2-8H2,1H3,(H3,12,13,14). The Hall–Kier alpha value is -0.810. The van der Waals surface area contributed by atoms with E-state index in [1.807, 2.05) is 6.92 Å². The summed E-state index contributed by atoms with van der Waals surface area (Å²) < 4.78 is 0. The van der Waals surface area contributed by atoms with Gasteiger partial charge in [-0.15, -0.1) is 0 Å². The average molecular weight is 229 g/mol. The molecule has 0 saturated heterocycles. The van der Waals surface area contributed by atoms with Crippen molar-refractivity contribution in [2.45, 2.75) is 50.6 Å². The van der Waals surface area contributed by atoms with Gasteiger partial charge in [0.05, 0.1) is 24.8 Å². The molecule has 1 fully saturated rings. The van der Waals surface area contributed by atoms with E-state index in [0.717, 1.165) is 12.8 Å². The van der Waals surface area contributed by atoms with Crippen LogP contribution in [0.25, 0.3) is 0 Å². The molecule has 0 amide bonds. The Morgan fingerprint density at radius 3 is 2.38 bits per heavy atom. The first kappa shape index (κ1) is 13.3. The van der Waals surface area contributed by atoms with Crippen molar-refractivity contribution in [3.05, 3.63) is 0 Å². The summed E-state index contributed by atoms with van der Waals surface area (Å²) in [7, 11) is 0. The average Bonchev–Trinajstić information content (AvgIpc) is 2.79. The number of aliphatic hydroxyl groups is 2. The number of nitrogens with one attached hydrogen (secondary N) is 1. The second kappa shape index (κ2) is 6.06. The molecule has 0 atom stereocenters. The van der Waals surface area contributed by atoms with Crippen molar-refractivity contribution in [3.63, 3.8) is 0 Å². The van der Waals surface area contributed by atoms with E-state index in [2.05, 4.69) is 10.3 Å². The SMILES string of the molecule is CCC(CO)(CO)NC(N)=NC1CCCC1. The highest BCUT2D eigenvalue weighted by Crippen LogP contribution is 2.20. The first-order chi connectivity index (χ1) is 7.65.